The van der Waals surface area contributed by atoms with Crippen molar-refractivity contribution in [2.24, 2.45) is 5.92 Å². The Morgan fingerprint density at radius 2 is 1.64 bits per heavy atom. The van der Waals surface area contributed by atoms with Crippen molar-refractivity contribution in [2.45, 2.75) is 45.2 Å². The first-order valence-corrected chi connectivity index (χ1v) is 10.4. The van der Waals surface area contributed by atoms with E-state index < -0.39 is 0 Å². The Kier molecular flexibility index (Phi) is 5.75. The van der Waals surface area contributed by atoms with Crippen molar-refractivity contribution in [3.8, 4) is 0 Å². The molecule has 1 unspecified atom stereocenters. The molecule has 0 aromatic heterocycles. The third kappa shape index (κ3) is 4.44. The zero-order valence-corrected chi connectivity index (χ0v) is 16.3. The molecule has 0 aliphatic carbocycles. The summed E-state index contributed by atoms with van der Waals surface area (Å²) in [5, 5.41) is 0. The molecule has 0 radical (unpaired) electrons. The Bertz CT molecular complexity index is 834. The van der Waals surface area contributed by atoms with Crippen molar-refractivity contribution >= 4 is 11.8 Å². The molecule has 4 rings (SSSR count). The summed E-state index contributed by atoms with van der Waals surface area (Å²) in [7, 11) is 0. The van der Waals surface area contributed by atoms with E-state index in [0.29, 0.717) is 25.3 Å². The lowest BCUT2D eigenvalue weighted by Crippen LogP contribution is -2.37. The normalized spacial score (nSPS) is 19.9. The third-order valence-corrected chi connectivity index (χ3v) is 6.09. The minimum absolute atomic E-state index is 0.214. The fraction of sp³-hybridized carbons (Fsp3) is 0.417. The molecule has 4 nitrogen and oxygen atoms in total. The van der Waals surface area contributed by atoms with E-state index in [1.165, 1.54) is 11.1 Å². The number of hydrogen-bond donors (Lipinski definition) is 0. The Morgan fingerprint density at radius 3 is 2.46 bits per heavy atom. The summed E-state index contributed by atoms with van der Waals surface area (Å²) in [6.07, 6.45) is 3.78. The number of amides is 2. The van der Waals surface area contributed by atoms with Crippen LogP contribution in [0.5, 0.6) is 0 Å². The van der Waals surface area contributed by atoms with Crippen LogP contribution >= 0.6 is 0 Å². The third-order valence-electron chi connectivity index (χ3n) is 6.09. The molecule has 0 saturated carbocycles. The topological polar surface area (TPSA) is 40.6 Å². The molecule has 0 bridgehead atoms. The number of benzene rings is 2. The minimum Gasteiger partial charge on any atom is -0.338 e. The predicted octanol–water partition coefficient (Wildman–Crippen LogP) is 3.79. The average molecular weight is 377 g/mol. The molecule has 0 spiro atoms. The second-order valence-electron chi connectivity index (χ2n) is 8.03. The molecule has 2 aromatic rings. The molecule has 2 amide bonds. The maximum atomic E-state index is 12.9. The summed E-state index contributed by atoms with van der Waals surface area (Å²) in [4.78, 5) is 29.3. The van der Waals surface area contributed by atoms with E-state index in [-0.39, 0.29) is 11.8 Å². The quantitative estimate of drug-likeness (QED) is 0.815. The first kappa shape index (κ1) is 18.7. The maximum Gasteiger partial charge on any atom is 0.223 e. The van der Waals surface area contributed by atoms with Crippen LogP contribution in [0, 0.1) is 5.92 Å². The van der Waals surface area contributed by atoms with Gasteiger partial charge >= 0.3 is 0 Å². The lowest BCUT2D eigenvalue weighted by atomic mass is 9.94. The highest BCUT2D eigenvalue weighted by atomic mass is 16.2. The molecule has 2 aliphatic rings. The van der Waals surface area contributed by atoms with E-state index >= 15 is 0 Å². The highest BCUT2D eigenvalue weighted by Crippen LogP contribution is 2.25. The molecule has 0 N–H and O–H groups in total. The standard InChI is InChI=1S/C24H28N2O2/c27-23-11-10-19(12-14-25(23)17-20-6-2-1-3-7-20)16-24(28)26-15-13-21-8-4-5-9-22(21)18-26/h1-9,19H,10-18H2. The zero-order chi connectivity index (χ0) is 19.3. The molecule has 1 fully saturated rings. The lowest BCUT2D eigenvalue weighted by Gasteiger charge is -2.30. The van der Waals surface area contributed by atoms with Crippen LogP contribution in [-0.4, -0.2) is 34.7 Å². The molecule has 2 aliphatic heterocycles. The molecule has 28 heavy (non-hydrogen) atoms. The van der Waals surface area contributed by atoms with Gasteiger partial charge in [-0.2, -0.15) is 0 Å². The van der Waals surface area contributed by atoms with Crippen molar-refractivity contribution in [2.75, 3.05) is 13.1 Å². The Hall–Kier alpha value is -2.62. The Labute approximate surface area is 167 Å². The van der Waals surface area contributed by atoms with Gasteiger partial charge in [0.1, 0.15) is 0 Å². The fourth-order valence-corrected chi connectivity index (χ4v) is 4.35. The number of fused-ring (bicyclic) bond motifs is 1. The first-order valence-electron chi connectivity index (χ1n) is 10.4. The molecular formula is C24H28N2O2. The summed E-state index contributed by atoms with van der Waals surface area (Å²) in [5.41, 5.74) is 3.80. The fourth-order valence-electron chi connectivity index (χ4n) is 4.35. The Morgan fingerprint density at radius 1 is 0.893 bits per heavy atom. The van der Waals surface area contributed by atoms with E-state index in [4.69, 9.17) is 0 Å². The van der Waals surface area contributed by atoms with Crippen LogP contribution in [0.2, 0.25) is 0 Å². The molecule has 1 saturated heterocycles. The van der Waals surface area contributed by atoms with E-state index in [1.807, 2.05) is 34.1 Å². The van der Waals surface area contributed by atoms with Crippen molar-refractivity contribution in [1.82, 2.24) is 9.80 Å². The van der Waals surface area contributed by atoms with Crippen molar-refractivity contribution in [3.63, 3.8) is 0 Å². The van der Waals surface area contributed by atoms with Crippen molar-refractivity contribution < 1.29 is 9.59 Å². The van der Waals surface area contributed by atoms with Crippen LogP contribution in [0.15, 0.2) is 54.6 Å². The van der Waals surface area contributed by atoms with Crippen molar-refractivity contribution in [1.29, 1.82) is 0 Å². The van der Waals surface area contributed by atoms with Gasteiger partial charge in [-0.3, -0.25) is 9.59 Å². The summed E-state index contributed by atoms with van der Waals surface area (Å²) in [5.74, 6) is 0.753. The van der Waals surface area contributed by atoms with E-state index in [2.05, 4.69) is 30.3 Å². The summed E-state index contributed by atoms with van der Waals surface area (Å²) in [6.45, 7) is 2.94. The number of hydrogen-bond acceptors (Lipinski definition) is 2. The average Bonchev–Trinajstić information content (AvgIpc) is 2.90. The smallest absolute Gasteiger partial charge is 0.223 e. The van der Waals surface area contributed by atoms with Crippen LogP contribution in [0.4, 0.5) is 0 Å². The largest absolute Gasteiger partial charge is 0.338 e. The van der Waals surface area contributed by atoms with Crippen LogP contribution in [-0.2, 0) is 29.1 Å². The van der Waals surface area contributed by atoms with E-state index in [0.717, 1.165) is 44.5 Å². The van der Waals surface area contributed by atoms with E-state index in [1.54, 1.807) is 0 Å². The monoisotopic (exact) mass is 376 g/mol. The Balaban J connectivity index is 1.32. The number of rotatable bonds is 4. The lowest BCUT2D eigenvalue weighted by molar-refractivity contribution is -0.133. The molecule has 1 atom stereocenters. The number of carbonyl (C=O) groups is 2. The van der Waals surface area contributed by atoms with Gasteiger partial charge in [0.2, 0.25) is 11.8 Å². The van der Waals surface area contributed by atoms with Crippen LogP contribution in [0.3, 0.4) is 0 Å². The summed E-state index contributed by atoms with van der Waals surface area (Å²) < 4.78 is 0. The van der Waals surface area contributed by atoms with Crippen LogP contribution in [0.25, 0.3) is 0 Å². The van der Waals surface area contributed by atoms with Crippen molar-refractivity contribution in [3.05, 3.63) is 71.3 Å². The van der Waals surface area contributed by atoms with Gasteiger partial charge in [-0.05, 0) is 41.9 Å². The molecule has 146 valence electrons. The van der Waals surface area contributed by atoms with Gasteiger partial charge in [-0.15, -0.1) is 0 Å². The highest BCUT2D eigenvalue weighted by molar-refractivity contribution is 5.78. The van der Waals surface area contributed by atoms with Gasteiger partial charge in [0, 0.05) is 39.0 Å². The summed E-state index contributed by atoms with van der Waals surface area (Å²) >= 11 is 0. The second kappa shape index (κ2) is 8.59. The van der Waals surface area contributed by atoms with Gasteiger partial charge in [-0.1, -0.05) is 54.6 Å². The molecule has 2 aromatic carbocycles. The second-order valence-corrected chi connectivity index (χ2v) is 8.03. The zero-order valence-electron chi connectivity index (χ0n) is 16.3. The van der Waals surface area contributed by atoms with Gasteiger partial charge < -0.3 is 9.80 Å². The van der Waals surface area contributed by atoms with Gasteiger partial charge in [-0.25, -0.2) is 0 Å². The molecular weight excluding hydrogens is 348 g/mol. The van der Waals surface area contributed by atoms with Gasteiger partial charge in [0.25, 0.3) is 0 Å². The van der Waals surface area contributed by atoms with Crippen LogP contribution < -0.4 is 0 Å². The number of nitrogens with zero attached hydrogens (tertiary/aromatic N) is 2. The predicted molar refractivity (Wildman–Crippen MR) is 109 cm³/mol. The highest BCUT2D eigenvalue weighted by Gasteiger charge is 2.27. The molecule has 4 heteroatoms. The van der Waals surface area contributed by atoms with Gasteiger partial charge in [0.15, 0.2) is 0 Å². The summed E-state index contributed by atoms with van der Waals surface area (Å²) in [6, 6.07) is 18.5. The van der Waals surface area contributed by atoms with E-state index in [9.17, 15) is 9.59 Å². The SMILES string of the molecule is O=C1CCC(CC(=O)N2CCc3ccccc3C2)CCN1Cc1ccccc1. The minimum atomic E-state index is 0.214. The number of likely N-dealkylation sites (tertiary alicyclic amines) is 1. The number of carbonyl (C=O) groups excluding carboxylic acids is 2. The van der Waals surface area contributed by atoms with Gasteiger partial charge in [0.05, 0.1) is 0 Å². The molecule has 2 heterocycles. The first-order chi connectivity index (χ1) is 13.7. The maximum absolute atomic E-state index is 12.9. The van der Waals surface area contributed by atoms with Crippen LogP contribution in [0.1, 0.15) is 42.4 Å².